The zero-order chi connectivity index (χ0) is 26.9. The van der Waals surface area contributed by atoms with Gasteiger partial charge < -0.3 is 26.4 Å². The summed E-state index contributed by atoms with van der Waals surface area (Å²) in [4.78, 5) is 32.0. The molecule has 1 amide bonds. The normalized spacial score (nSPS) is 19.9. The van der Waals surface area contributed by atoms with Crippen LogP contribution in [0, 0.1) is 0 Å². The van der Waals surface area contributed by atoms with E-state index in [4.69, 9.17) is 10.5 Å². The largest absolute Gasteiger partial charge is 0.378 e. The Balaban J connectivity index is 1.34. The van der Waals surface area contributed by atoms with Crippen molar-refractivity contribution in [3.63, 3.8) is 0 Å². The number of hydrogen-bond acceptors (Lipinski definition) is 9. The molecule has 6 rings (SSSR count). The topological polar surface area (TPSA) is 125 Å². The second-order valence-corrected chi connectivity index (χ2v) is 12.9. The number of nitrogens with one attached hydrogen (secondary N) is 1. The third-order valence-electron chi connectivity index (χ3n) is 7.63. The average Bonchev–Trinajstić information content (AvgIpc) is 3.57. The quantitative estimate of drug-likeness (QED) is 0.303. The number of thiophene rings is 2. The number of anilines is 2. The molecule has 0 aromatic carbocycles. The fraction of sp³-hybridized carbons (Fsp3) is 0.393. The number of pyridine rings is 1. The number of fused-ring (bicyclic) bond motifs is 1. The number of morpholine rings is 1. The third-order valence-corrected chi connectivity index (χ3v) is 10.8. The zero-order valence-electron chi connectivity index (χ0n) is 21.6. The van der Waals surface area contributed by atoms with Gasteiger partial charge in [0, 0.05) is 42.9 Å². The summed E-state index contributed by atoms with van der Waals surface area (Å²) in [6, 6.07) is 4.42. The molecule has 0 spiro atoms. The highest BCUT2D eigenvalue weighted by Gasteiger charge is 2.25. The van der Waals surface area contributed by atoms with Crippen LogP contribution in [0.25, 0.3) is 20.5 Å². The van der Waals surface area contributed by atoms with Crippen LogP contribution in [0.15, 0.2) is 39.3 Å². The minimum absolute atomic E-state index is 0.0590. The van der Waals surface area contributed by atoms with Crippen LogP contribution in [0.4, 0.5) is 10.7 Å². The molecule has 1 aliphatic carbocycles. The van der Waals surface area contributed by atoms with Crippen LogP contribution < -0.4 is 27.1 Å². The minimum Gasteiger partial charge on any atom is -0.378 e. The molecule has 0 radical (unpaired) electrons. The van der Waals surface area contributed by atoms with Crippen molar-refractivity contribution in [3.05, 3.63) is 61.5 Å². The molecular weight excluding hydrogens is 551 g/mol. The standard InChI is InChI=1S/C28H31N5O3S3/c29-21-3-1-2-4-22(21)32-18-10-16(25(28(30)35)31-12-18)9-17-13-37-14-19(17)20-15-38-27-23(34)11-24(39-26(20)27)33-5-7-36-8-6-33/h10-15,21-22,32H,1-9,29H2,(H2,30,35)/p+1/t21-,22+/m1/s1. The smallest absolute Gasteiger partial charge is 0.267 e. The monoisotopic (exact) mass is 582 g/mol. The molecule has 5 heterocycles. The van der Waals surface area contributed by atoms with Gasteiger partial charge in [-0.05, 0) is 46.4 Å². The molecule has 11 heteroatoms. The molecule has 204 valence electrons. The van der Waals surface area contributed by atoms with Crippen LogP contribution in [0.1, 0.15) is 47.3 Å². The second kappa shape index (κ2) is 11.3. The van der Waals surface area contributed by atoms with Crippen molar-refractivity contribution in [2.45, 2.75) is 44.2 Å². The van der Waals surface area contributed by atoms with Gasteiger partial charge in [-0.2, -0.15) is 11.3 Å². The first-order chi connectivity index (χ1) is 19.0. The van der Waals surface area contributed by atoms with E-state index in [0.717, 1.165) is 68.3 Å². The lowest BCUT2D eigenvalue weighted by Crippen LogP contribution is -2.68. The molecule has 4 aromatic heterocycles. The first-order valence-electron chi connectivity index (χ1n) is 13.3. The van der Waals surface area contributed by atoms with Gasteiger partial charge in [-0.1, -0.05) is 6.42 Å². The average molecular weight is 583 g/mol. The van der Waals surface area contributed by atoms with Crippen molar-refractivity contribution >= 4 is 60.0 Å². The predicted octanol–water partition coefficient (Wildman–Crippen LogP) is 3.94. The Morgan fingerprint density at radius 2 is 1.92 bits per heavy atom. The number of amides is 1. The predicted molar refractivity (Wildman–Crippen MR) is 160 cm³/mol. The molecule has 6 N–H and O–H groups in total. The maximum absolute atomic E-state index is 13.0. The number of quaternary nitrogens is 1. The van der Waals surface area contributed by atoms with Crippen LogP contribution in [0.2, 0.25) is 0 Å². The Bertz CT molecular complexity index is 1560. The van der Waals surface area contributed by atoms with Gasteiger partial charge in [0.25, 0.3) is 5.91 Å². The van der Waals surface area contributed by atoms with E-state index in [1.165, 1.54) is 24.2 Å². The van der Waals surface area contributed by atoms with Crippen LogP contribution in [-0.4, -0.2) is 49.3 Å². The molecule has 2 aliphatic rings. The fourth-order valence-electron chi connectivity index (χ4n) is 5.52. The van der Waals surface area contributed by atoms with Crippen LogP contribution in [0.3, 0.4) is 0 Å². The Labute approximate surface area is 238 Å². The third kappa shape index (κ3) is 5.46. The Morgan fingerprint density at radius 3 is 2.72 bits per heavy atom. The van der Waals surface area contributed by atoms with Gasteiger partial charge in [0.05, 0.1) is 45.5 Å². The van der Waals surface area contributed by atoms with E-state index in [2.05, 4.69) is 37.1 Å². The van der Waals surface area contributed by atoms with E-state index in [0.29, 0.717) is 37.4 Å². The molecule has 1 saturated carbocycles. The first-order valence-corrected chi connectivity index (χ1v) is 15.9. The van der Waals surface area contributed by atoms with E-state index in [-0.39, 0.29) is 5.43 Å². The number of hydrogen-bond donors (Lipinski definition) is 3. The molecule has 8 nitrogen and oxygen atoms in total. The van der Waals surface area contributed by atoms with E-state index in [1.54, 1.807) is 34.9 Å². The number of ether oxygens (including phenoxy) is 1. The van der Waals surface area contributed by atoms with E-state index in [9.17, 15) is 9.59 Å². The van der Waals surface area contributed by atoms with Crippen molar-refractivity contribution in [1.82, 2.24) is 4.98 Å². The van der Waals surface area contributed by atoms with Gasteiger partial charge in [-0.3, -0.25) is 9.59 Å². The van der Waals surface area contributed by atoms with E-state index in [1.807, 2.05) is 6.07 Å². The first kappa shape index (κ1) is 26.4. The minimum atomic E-state index is -0.532. The second-order valence-electron chi connectivity index (χ2n) is 10.2. The van der Waals surface area contributed by atoms with Crippen molar-refractivity contribution in [2.75, 3.05) is 36.5 Å². The highest BCUT2D eigenvalue weighted by atomic mass is 32.1. The van der Waals surface area contributed by atoms with E-state index >= 15 is 0 Å². The summed E-state index contributed by atoms with van der Waals surface area (Å²) < 4.78 is 7.30. The van der Waals surface area contributed by atoms with Gasteiger partial charge in [-0.25, -0.2) is 4.98 Å². The number of carbonyl (C=O) groups excluding carboxylic acids is 1. The van der Waals surface area contributed by atoms with Gasteiger partial charge in [0.2, 0.25) is 0 Å². The molecule has 4 aromatic rings. The number of nitrogens with two attached hydrogens (primary N) is 1. The molecule has 39 heavy (non-hydrogen) atoms. The molecule has 1 aliphatic heterocycles. The molecular formula is C28H32N5O3S3+. The molecule has 0 bridgehead atoms. The van der Waals surface area contributed by atoms with Gasteiger partial charge in [-0.15, -0.1) is 22.7 Å². The van der Waals surface area contributed by atoms with E-state index < -0.39 is 5.91 Å². The van der Waals surface area contributed by atoms with Crippen LogP contribution in [-0.2, 0) is 11.2 Å². The van der Waals surface area contributed by atoms with Gasteiger partial charge in [0.15, 0.2) is 5.43 Å². The highest BCUT2D eigenvalue weighted by Crippen LogP contribution is 2.41. The summed E-state index contributed by atoms with van der Waals surface area (Å²) >= 11 is 4.78. The lowest BCUT2D eigenvalue weighted by Gasteiger charge is -2.28. The Kier molecular flexibility index (Phi) is 7.68. The lowest BCUT2D eigenvalue weighted by atomic mass is 9.91. The van der Waals surface area contributed by atoms with Crippen LogP contribution in [0.5, 0.6) is 0 Å². The van der Waals surface area contributed by atoms with Crippen LogP contribution >= 0.6 is 34.0 Å². The number of rotatable bonds is 7. The van der Waals surface area contributed by atoms with Crippen molar-refractivity contribution in [2.24, 2.45) is 5.73 Å². The Morgan fingerprint density at radius 1 is 1.10 bits per heavy atom. The number of nitrogens with zero attached hydrogens (tertiary/aromatic N) is 2. The summed E-state index contributed by atoms with van der Waals surface area (Å²) in [5, 5.41) is 10.9. The summed E-state index contributed by atoms with van der Waals surface area (Å²) in [6.07, 6.45) is 6.83. The molecule has 2 fully saturated rings. The number of primary amides is 1. The number of carbonyl (C=O) groups is 1. The summed E-state index contributed by atoms with van der Waals surface area (Å²) in [6.45, 7) is 2.91. The lowest BCUT2D eigenvalue weighted by molar-refractivity contribution is -0.427. The van der Waals surface area contributed by atoms with Gasteiger partial charge >= 0.3 is 0 Å². The highest BCUT2D eigenvalue weighted by molar-refractivity contribution is 7.28. The maximum Gasteiger partial charge on any atom is 0.267 e. The Hall–Kier alpha value is -2.83. The van der Waals surface area contributed by atoms with Crippen molar-refractivity contribution in [1.29, 1.82) is 0 Å². The van der Waals surface area contributed by atoms with Gasteiger partial charge in [0.1, 0.15) is 11.7 Å². The summed E-state index contributed by atoms with van der Waals surface area (Å²) in [7, 11) is 0. The zero-order valence-corrected chi connectivity index (χ0v) is 24.1. The molecule has 1 saturated heterocycles. The summed E-state index contributed by atoms with van der Waals surface area (Å²) in [5.74, 6) is -0.532. The van der Waals surface area contributed by atoms with Crippen molar-refractivity contribution < 1.29 is 15.3 Å². The number of aromatic nitrogens is 1. The molecule has 0 unspecified atom stereocenters. The fourth-order valence-corrected chi connectivity index (χ4v) is 8.75. The van der Waals surface area contributed by atoms with Crippen molar-refractivity contribution in [3.8, 4) is 11.1 Å². The molecule has 2 atom stereocenters. The summed E-state index contributed by atoms with van der Waals surface area (Å²) in [5.41, 5.74) is 15.3. The SMILES string of the molecule is NC(=O)c1ncc(N[C@H]2CCCC[C@H]2[NH3+])cc1Cc1cscc1-c1csc2c(=O)cc(N3CCOCC3)sc12. The maximum atomic E-state index is 13.0.